The lowest BCUT2D eigenvalue weighted by Crippen LogP contribution is -2.46. The van der Waals surface area contributed by atoms with Gasteiger partial charge in [0.05, 0.1) is 0 Å². The van der Waals surface area contributed by atoms with Gasteiger partial charge in [-0.15, -0.1) is 24.0 Å². The molecule has 1 amide bonds. The molecule has 2 aromatic carbocycles. The number of carbonyl (C=O) groups excluding carboxylic acids is 1. The highest BCUT2D eigenvalue weighted by molar-refractivity contribution is 14.0. The van der Waals surface area contributed by atoms with Crippen LogP contribution >= 0.6 is 39.9 Å². The molecule has 0 bridgehead atoms. The lowest BCUT2D eigenvalue weighted by atomic mass is 10.2. The van der Waals surface area contributed by atoms with E-state index in [2.05, 4.69) is 66.0 Å². The molecular weight excluding hydrogens is 545 g/mol. The second-order valence-corrected chi connectivity index (χ2v) is 7.59. The van der Waals surface area contributed by atoms with Crippen LogP contribution in [0.2, 0.25) is 0 Å². The minimum atomic E-state index is -0.0830. The normalized spacial score (nSPS) is 16.1. The third-order valence-corrected chi connectivity index (χ3v) is 5.16. The van der Waals surface area contributed by atoms with E-state index in [9.17, 15) is 4.79 Å². The Morgan fingerprint density at radius 3 is 2.62 bits per heavy atom. The van der Waals surface area contributed by atoms with Crippen LogP contribution < -0.4 is 20.9 Å². The molecule has 1 aliphatic heterocycles. The maximum Gasteiger partial charge on any atom is 0.251 e. The van der Waals surface area contributed by atoms with Crippen LogP contribution in [0, 0.1) is 0 Å². The van der Waals surface area contributed by atoms with Crippen molar-refractivity contribution in [3.8, 4) is 0 Å². The first-order valence-electron chi connectivity index (χ1n) is 9.46. The Kier molecular flexibility index (Phi) is 9.72. The Balaban J connectivity index is 0.00000300. The summed E-state index contributed by atoms with van der Waals surface area (Å²) < 4.78 is 0.893. The van der Waals surface area contributed by atoms with Crippen molar-refractivity contribution in [2.45, 2.75) is 12.5 Å². The minimum absolute atomic E-state index is 0. The predicted molar refractivity (Wildman–Crippen MR) is 133 cm³/mol. The molecule has 6 nitrogen and oxygen atoms in total. The zero-order valence-electron chi connectivity index (χ0n) is 16.4. The molecular formula is C21H27BrIN5O. The SMILES string of the molecule is CN=C(NCCNC(=O)c1cccc(Br)c1)NC1CCN(c2ccccc2)C1.I. The number of hydrogen-bond donors (Lipinski definition) is 3. The number of anilines is 1. The molecule has 2 aromatic rings. The third kappa shape index (κ3) is 7.18. The van der Waals surface area contributed by atoms with E-state index in [4.69, 9.17) is 0 Å². The summed E-state index contributed by atoms with van der Waals surface area (Å²) in [6.45, 7) is 3.10. The lowest BCUT2D eigenvalue weighted by Gasteiger charge is -2.20. The quantitative estimate of drug-likeness (QED) is 0.215. The molecule has 1 aliphatic rings. The van der Waals surface area contributed by atoms with Crippen LogP contribution in [0.15, 0.2) is 64.1 Å². The van der Waals surface area contributed by atoms with E-state index in [0.717, 1.165) is 29.9 Å². The lowest BCUT2D eigenvalue weighted by molar-refractivity contribution is 0.0954. The third-order valence-electron chi connectivity index (χ3n) is 4.66. The summed E-state index contributed by atoms with van der Waals surface area (Å²) in [5, 5.41) is 9.65. The van der Waals surface area contributed by atoms with Crippen molar-refractivity contribution in [2.75, 3.05) is 38.1 Å². The maximum atomic E-state index is 12.1. The molecule has 1 unspecified atom stereocenters. The van der Waals surface area contributed by atoms with Gasteiger partial charge in [-0.05, 0) is 36.8 Å². The molecule has 1 fully saturated rings. The summed E-state index contributed by atoms with van der Waals surface area (Å²) in [7, 11) is 1.76. The molecule has 29 heavy (non-hydrogen) atoms. The van der Waals surface area contributed by atoms with Crippen molar-refractivity contribution < 1.29 is 4.79 Å². The first kappa shape index (κ1) is 23.5. The minimum Gasteiger partial charge on any atom is -0.369 e. The number of nitrogens with zero attached hydrogens (tertiary/aromatic N) is 2. The molecule has 0 aromatic heterocycles. The number of aliphatic imine (C=N–C) groups is 1. The molecule has 156 valence electrons. The number of benzene rings is 2. The molecule has 0 radical (unpaired) electrons. The number of amides is 1. The summed E-state index contributed by atoms with van der Waals surface area (Å²) in [4.78, 5) is 18.8. The van der Waals surface area contributed by atoms with Gasteiger partial charge in [0.1, 0.15) is 0 Å². The standard InChI is InChI=1S/C21H26BrN5O.HI/c1-23-21(25-12-11-24-20(28)16-6-5-7-17(22)14-16)26-18-10-13-27(15-18)19-8-3-2-4-9-19;/h2-9,14,18H,10-13,15H2,1H3,(H,24,28)(H2,23,25,26);1H. The molecule has 0 aliphatic carbocycles. The molecule has 1 atom stereocenters. The van der Waals surface area contributed by atoms with E-state index in [1.165, 1.54) is 5.69 Å². The highest BCUT2D eigenvalue weighted by Crippen LogP contribution is 2.19. The van der Waals surface area contributed by atoms with Crippen molar-refractivity contribution >= 4 is 57.5 Å². The van der Waals surface area contributed by atoms with Gasteiger partial charge in [0.2, 0.25) is 0 Å². The number of nitrogens with one attached hydrogen (secondary N) is 3. The summed E-state index contributed by atoms with van der Waals surface area (Å²) in [5.41, 5.74) is 1.90. The van der Waals surface area contributed by atoms with E-state index in [-0.39, 0.29) is 29.9 Å². The summed E-state index contributed by atoms with van der Waals surface area (Å²) in [6, 6.07) is 18.2. The van der Waals surface area contributed by atoms with Gasteiger partial charge >= 0.3 is 0 Å². The van der Waals surface area contributed by atoms with E-state index >= 15 is 0 Å². The summed E-state index contributed by atoms with van der Waals surface area (Å²) >= 11 is 3.38. The highest BCUT2D eigenvalue weighted by atomic mass is 127. The monoisotopic (exact) mass is 571 g/mol. The van der Waals surface area contributed by atoms with Crippen molar-refractivity contribution in [3.05, 3.63) is 64.6 Å². The van der Waals surface area contributed by atoms with E-state index < -0.39 is 0 Å². The van der Waals surface area contributed by atoms with Crippen LogP contribution in [0.3, 0.4) is 0 Å². The highest BCUT2D eigenvalue weighted by Gasteiger charge is 2.23. The molecule has 3 rings (SSSR count). The van der Waals surface area contributed by atoms with Gasteiger partial charge in [-0.3, -0.25) is 9.79 Å². The molecule has 0 saturated carbocycles. The smallest absolute Gasteiger partial charge is 0.251 e. The number of guanidine groups is 1. The number of hydrogen-bond acceptors (Lipinski definition) is 3. The average molecular weight is 572 g/mol. The fourth-order valence-electron chi connectivity index (χ4n) is 3.23. The zero-order valence-corrected chi connectivity index (χ0v) is 20.3. The molecule has 3 N–H and O–H groups in total. The van der Waals surface area contributed by atoms with Crippen molar-refractivity contribution in [1.82, 2.24) is 16.0 Å². The van der Waals surface area contributed by atoms with E-state index in [0.29, 0.717) is 24.7 Å². The van der Waals surface area contributed by atoms with Crippen LogP contribution in [0.1, 0.15) is 16.8 Å². The Morgan fingerprint density at radius 1 is 1.14 bits per heavy atom. The predicted octanol–water partition coefficient (Wildman–Crippen LogP) is 3.24. The fraction of sp³-hybridized carbons (Fsp3) is 0.333. The van der Waals surface area contributed by atoms with Crippen molar-refractivity contribution in [1.29, 1.82) is 0 Å². The average Bonchev–Trinajstić information content (AvgIpc) is 3.19. The maximum absolute atomic E-state index is 12.1. The summed E-state index contributed by atoms with van der Waals surface area (Å²) in [6.07, 6.45) is 1.06. The van der Waals surface area contributed by atoms with Gasteiger partial charge < -0.3 is 20.9 Å². The Hall–Kier alpha value is -1.81. The topological polar surface area (TPSA) is 68.8 Å². The Bertz CT molecular complexity index is 818. The van der Waals surface area contributed by atoms with E-state index in [1.54, 1.807) is 13.1 Å². The van der Waals surface area contributed by atoms with Crippen molar-refractivity contribution in [2.24, 2.45) is 4.99 Å². The Labute approximate surface area is 197 Å². The number of rotatable bonds is 6. The summed E-state index contributed by atoms with van der Waals surface area (Å²) in [5.74, 6) is 0.678. The largest absolute Gasteiger partial charge is 0.369 e. The molecule has 1 heterocycles. The first-order chi connectivity index (χ1) is 13.7. The zero-order chi connectivity index (χ0) is 19.8. The Morgan fingerprint density at radius 2 is 1.90 bits per heavy atom. The van der Waals surface area contributed by atoms with E-state index in [1.807, 2.05) is 24.3 Å². The van der Waals surface area contributed by atoms with Crippen LogP contribution in [0.5, 0.6) is 0 Å². The van der Waals surface area contributed by atoms with Gasteiger partial charge in [-0.1, -0.05) is 40.2 Å². The molecule has 8 heteroatoms. The van der Waals surface area contributed by atoms with Crippen LogP contribution in [-0.4, -0.2) is 51.1 Å². The van der Waals surface area contributed by atoms with Crippen LogP contribution in [-0.2, 0) is 0 Å². The van der Waals surface area contributed by atoms with Crippen LogP contribution in [0.4, 0.5) is 5.69 Å². The number of carbonyl (C=O) groups is 1. The second-order valence-electron chi connectivity index (χ2n) is 6.68. The van der Waals surface area contributed by atoms with Gasteiger partial charge in [-0.2, -0.15) is 0 Å². The van der Waals surface area contributed by atoms with Gasteiger partial charge in [-0.25, -0.2) is 0 Å². The molecule has 0 spiro atoms. The van der Waals surface area contributed by atoms with Gasteiger partial charge in [0, 0.05) is 55.0 Å². The van der Waals surface area contributed by atoms with Crippen LogP contribution in [0.25, 0.3) is 0 Å². The first-order valence-corrected chi connectivity index (χ1v) is 10.3. The van der Waals surface area contributed by atoms with Crippen molar-refractivity contribution in [3.63, 3.8) is 0 Å². The number of para-hydroxylation sites is 1. The molecule has 1 saturated heterocycles. The fourth-order valence-corrected chi connectivity index (χ4v) is 3.63. The second kappa shape index (κ2) is 12.0. The van der Waals surface area contributed by atoms with Gasteiger partial charge in [0.15, 0.2) is 5.96 Å². The number of halogens is 2. The van der Waals surface area contributed by atoms with Gasteiger partial charge in [0.25, 0.3) is 5.91 Å².